The number of carbonyl (C=O) groups is 1. The smallest absolute Gasteiger partial charge is 0.226 e. The minimum atomic E-state index is 0.169. The van der Waals surface area contributed by atoms with Crippen molar-refractivity contribution in [3.05, 3.63) is 35.9 Å². The number of aromatic nitrogens is 2. The predicted molar refractivity (Wildman–Crippen MR) is 62.8 cm³/mol. The molecule has 1 atom stereocenters. The molecule has 3 rings (SSSR count). The zero-order valence-corrected chi connectivity index (χ0v) is 9.67. The summed E-state index contributed by atoms with van der Waals surface area (Å²) in [5.74, 6) is 0.439. The summed E-state index contributed by atoms with van der Waals surface area (Å²) in [6, 6.07) is 0. The highest BCUT2D eigenvalue weighted by molar-refractivity contribution is 5.79. The Labute approximate surface area is 100 Å². The summed E-state index contributed by atoms with van der Waals surface area (Å²) in [6.45, 7) is 1.33. The predicted octanol–water partition coefficient (Wildman–Crippen LogP) is 1.68. The van der Waals surface area contributed by atoms with Crippen molar-refractivity contribution in [3.8, 4) is 0 Å². The molecule has 0 unspecified atom stereocenters. The van der Waals surface area contributed by atoms with Gasteiger partial charge in [-0.15, -0.1) is 0 Å². The van der Waals surface area contributed by atoms with Gasteiger partial charge in [-0.3, -0.25) is 4.79 Å². The highest BCUT2D eigenvalue weighted by Crippen LogP contribution is 2.26. The molecule has 1 aliphatic carbocycles. The summed E-state index contributed by atoms with van der Waals surface area (Å²) < 4.78 is 0. The fourth-order valence-electron chi connectivity index (χ4n) is 2.53. The maximum absolute atomic E-state index is 12.3. The average Bonchev–Trinajstić information content (AvgIpc) is 2.82. The molecule has 4 heteroatoms. The van der Waals surface area contributed by atoms with Crippen LogP contribution in [-0.4, -0.2) is 20.8 Å². The van der Waals surface area contributed by atoms with Crippen molar-refractivity contribution in [1.82, 2.24) is 14.9 Å². The van der Waals surface area contributed by atoms with E-state index in [0.29, 0.717) is 13.1 Å². The Kier molecular flexibility index (Phi) is 2.63. The van der Waals surface area contributed by atoms with Gasteiger partial charge in [0.1, 0.15) is 6.33 Å². The number of allylic oxidation sites excluding steroid dienone is 2. The third-order valence-electron chi connectivity index (χ3n) is 3.51. The van der Waals surface area contributed by atoms with E-state index >= 15 is 0 Å². The first-order chi connectivity index (χ1) is 8.34. The Morgan fingerprint density at radius 2 is 2.29 bits per heavy atom. The molecule has 88 valence electrons. The molecule has 0 radical (unpaired) electrons. The van der Waals surface area contributed by atoms with Gasteiger partial charge in [-0.25, -0.2) is 9.97 Å². The van der Waals surface area contributed by atoms with Gasteiger partial charge in [0.25, 0.3) is 0 Å². The highest BCUT2D eigenvalue weighted by Gasteiger charge is 2.29. The minimum absolute atomic E-state index is 0.169. The van der Waals surface area contributed by atoms with E-state index < -0.39 is 0 Å². The van der Waals surface area contributed by atoms with E-state index in [9.17, 15) is 4.79 Å². The molecule has 0 saturated carbocycles. The van der Waals surface area contributed by atoms with Crippen LogP contribution in [0.15, 0.2) is 24.7 Å². The van der Waals surface area contributed by atoms with E-state index in [1.54, 1.807) is 6.33 Å². The number of hydrogen-bond donors (Lipinski definition) is 0. The molecule has 1 aromatic heterocycles. The second kappa shape index (κ2) is 4.28. The van der Waals surface area contributed by atoms with Crippen molar-refractivity contribution < 1.29 is 4.79 Å². The largest absolute Gasteiger partial charge is 0.332 e. The molecule has 0 saturated heterocycles. The molecule has 4 nitrogen and oxygen atoms in total. The fourth-order valence-corrected chi connectivity index (χ4v) is 2.53. The maximum atomic E-state index is 12.3. The van der Waals surface area contributed by atoms with Gasteiger partial charge >= 0.3 is 0 Å². The number of carbonyl (C=O) groups excluding carboxylic acids is 1. The Morgan fingerprint density at radius 3 is 3.06 bits per heavy atom. The van der Waals surface area contributed by atoms with Crippen LogP contribution in [0.3, 0.4) is 0 Å². The van der Waals surface area contributed by atoms with E-state index in [0.717, 1.165) is 30.5 Å². The third kappa shape index (κ3) is 1.95. The molecular formula is C13H15N3O. The van der Waals surface area contributed by atoms with E-state index in [2.05, 4.69) is 22.1 Å². The summed E-state index contributed by atoms with van der Waals surface area (Å²) >= 11 is 0. The summed E-state index contributed by atoms with van der Waals surface area (Å²) in [4.78, 5) is 22.4. The third-order valence-corrected chi connectivity index (χ3v) is 3.51. The van der Waals surface area contributed by atoms with Crippen molar-refractivity contribution in [2.75, 3.05) is 0 Å². The first-order valence-electron chi connectivity index (χ1n) is 6.06. The number of fused-ring (bicyclic) bond motifs is 1. The lowest BCUT2D eigenvalue weighted by molar-refractivity contribution is -0.136. The van der Waals surface area contributed by atoms with Gasteiger partial charge in [0.15, 0.2) is 0 Å². The van der Waals surface area contributed by atoms with Crippen molar-refractivity contribution in [1.29, 1.82) is 0 Å². The van der Waals surface area contributed by atoms with Crippen LogP contribution in [-0.2, 0) is 17.9 Å². The normalized spacial score (nSPS) is 22.6. The Hall–Kier alpha value is -1.71. The molecular weight excluding hydrogens is 214 g/mol. The molecule has 0 bridgehead atoms. The van der Waals surface area contributed by atoms with Gasteiger partial charge in [0.2, 0.25) is 5.91 Å². The first kappa shape index (κ1) is 10.4. The highest BCUT2D eigenvalue weighted by atomic mass is 16.2. The molecule has 0 spiro atoms. The number of hydrogen-bond acceptors (Lipinski definition) is 3. The maximum Gasteiger partial charge on any atom is 0.226 e. The lowest BCUT2D eigenvalue weighted by Gasteiger charge is -2.23. The molecule has 2 heterocycles. The van der Waals surface area contributed by atoms with Crippen molar-refractivity contribution in [3.63, 3.8) is 0 Å². The summed E-state index contributed by atoms with van der Waals surface area (Å²) in [5, 5.41) is 0. The fraction of sp³-hybridized carbons (Fsp3) is 0.462. The van der Waals surface area contributed by atoms with Crippen LogP contribution in [0.4, 0.5) is 0 Å². The molecule has 17 heavy (non-hydrogen) atoms. The summed E-state index contributed by atoms with van der Waals surface area (Å²) in [6.07, 6.45) is 10.5. The SMILES string of the molecule is O=C([C@@H]1CC=CCC1)N1Cc2cncnc2C1. The monoisotopic (exact) mass is 229 g/mol. The lowest BCUT2D eigenvalue weighted by Crippen LogP contribution is -2.32. The molecule has 1 amide bonds. The number of rotatable bonds is 1. The molecule has 0 N–H and O–H groups in total. The summed E-state index contributed by atoms with van der Waals surface area (Å²) in [5.41, 5.74) is 2.09. The quantitative estimate of drug-likeness (QED) is 0.688. The molecule has 2 aliphatic rings. The molecule has 1 aliphatic heterocycles. The molecule has 0 aromatic carbocycles. The van der Waals surface area contributed by atoms with Crippen LogP contribution in [0, 0.1) is 5.92 Å². The Bertz CT molecular complexity index is 444. The van der Waals surface area contributed by atoms with E-state index in [-0.39, 0.29) is 11.8 Å². The van der Waals surface area contributed by atoms with Gasteiger partial charge in [0.05, 0.1) is 12.2 Å². The van der Waals surface area contributed by atoms with Crippen molar-refractivity contribution >= 4 is 5.91 Å². The van der Waals surface area contributed by atoms with Gasteiger partial charge in [0, 0.05) is 24.2 Å². The van der Waals surface area contributed by atoms with Crippen LogP contribution in [0.2, 0.25) is 0 Å². The Balaban J connectivity index is 1.72. The minimum Gasteiger partial charge on any atom is -0.332 e. The molecule has 0 fully saturated rings. The number of amides is 1. The zero-order chi connectivity index (χ0) is 11.7. The van der Waals surface area contributed by atoms with Crippen LogP contribution < -0.4 is 0 Å². The van der Waals surface area contributed by atoms with Gasteiger partial charge in [-0.1, -0.05) is 12.2 Å². The van der Waals surface area contributed by atoms with Crippen molar-refractivity contribution in [2.24, 2.45) is 5.92 Å². The first-order valence-corrected chi connectivity index (χ1v) is 6.06. The number of nitrogens with zero attached hydrogens (tertiary/aromatic N) is 3. The average molecular weight is 229 g/mol. The van der Waals surface area contributed by atoms with E-state index in [1.807, 2.05) is 11.1 Å². The van der Waals surface area contributed by atoms with Crippen LogP contribution in [0.25, 0.3) is 0 Å². The van der Waals surface area contributed by atoms with Crippen molar-refractivity contribution in [2.45, 2.75) is 32.4 Å². The van der Waals surface area contributed by atoms with Gasteiger partial charge in [-0.05, 0) is 19.3 Å². The van der Waals surface area contributed by atoms with E-state index in [1.165, 1.54) is 0 Å². The van der Waals surface area contributed by atoms with E-state index in [4.69, 9.17) is 0 Å². The molecule has 1 aromatic rings. The lowest BCUT2D eigenvalue weighted by atomic mass is 9.93. The van der Waals surface area contributed by atoms with Gasteiger partial charge in [-0.2, -0.15) is 0 Å². The summed E-state index contributed by atoms with van der Waals surface area (Å²) in [7, 11) is 0. The van der Waals surface area contributed by atoms with Crippen LogP contribution >= 0.6 is 0 Å². The van der Waals surface area contributed by atoms with Gasteiger partial charge < -0.3 is 4.90 Å². The second-order valence-electron chi connectivity index (χ2n) is 4.67. The van der Waals surface area contributed by atoms with Crippen LogP contribution in [0.1, 0.15) is 30.5 Å². The topological polar surface area (TPSA) is 46.1 Å². The second-order valence-corrected chi connectivity index (χ2v) is 4.67. The Morgan fingerprint density at radius 1 is 1.35 bits per heavy atom. The standard InChI is InChI=1S/C13H15N3O/c17-13(10-4-2-1-3-5-10)16-7-11-6-14-9-15-12(11)8-16/h1-2,6,9-10H,3-5,7-8H2/t10-/m1/s1. The van der Waals surface area contributed by atoms with Crippen LogP contribution in [0.5, 0.6) is 0 Å². The zero-order valence-electron chi connectivity index (χ0n) is 9.67.